The van der Waals surface area contributed by atoms with Crippen molar-refractivity contribution in [2.24, 2.45) is 7.05 Å². The Balaban J connectivity index is 1.67. The molecule has 2 aliphatic rings. The van der Waals surface area contributed by atoms with Gasteiger partial charge in [0.05, 0.1) is 0 Å². The number of fused-ring (bicyclic) bond motifs is 1. The van der Waals surface area contributed by atoms with Crippen molar-refractivity contribution < 1.29 is 14.4 Å². The van der Waals surface area contributed by atoms with Crippen molar-refractivity contribution in [3.63, 3.8) is 0 Å². The van der Waals surface area contributed by atoms with Gasteiger partial charge < -0.3 is 15.1 Å². The van der Waals surface area contributed by atoms with Gasteiger partial charge in [-0.3, -0.25) is 19.1 Å². The van der Waals surface area contributed by atoms with Crippen molar-refractivity contribution in [2.45, 2.75) is 65.0 Å². The Labute approximate surface area is 166 Å². The molecule has 2 aliphatic heterocycles. The normalized spacial score (nSPS) is 16.9. The van der Waals surface area contributed by atoms with Gasteiger partial charge >= 0.3 is 0 Å². The number of carbonyl (C=O) groups excluding carboxylic acids is 3. The molecule has 0 saturated carbocycles. The standard InChI is InChI=1S/C20H31N5O3/c1-14(2)21-17(26)7-8-18(27)25-12-9-16-15(13-25)19(22-23(16)3)20(28)24-10-5-4-6-11-24/h14H,4-13H2,1-3H3,(H,21,26). The summed E-state index contributed by atoms with van der Waals surface area (Å²) in [6.45, 7) is 6.33. The van der Waals surface area contributed by atoms with E-state index in [1.165, 1.54) is 0 Å². The monoisotopic (exact) mass is 389 g/mol. The van der Waals surface area contributed by atoms with E-state index in [0.29, 0.717) is 25.2 Å². The number of hydrogen-bond acceptors (Lipinski definition) is 4. The molecule has 0 unspecified atom stereocenters. The Morgan fingerprint density at radius 2 is 1.75 bits per heavy atom. The topological polar surface area (TPSA) is 87.5 Å². The van der Waals surface area contributed by atoms with E-state index in [9.17, 15) is 14.4 Å². The number of carbonyl (C=O) groups is 3. The summed E-state index contributed by atoms with van der Waals surface area (Å²) >= 11 is 0. The molecule has 1 fully saturated rings. The fourth-order valence-electron chi connectivity index (χ4n) is 4.00. The quantitative estimate of drug-likeness (QED) is 0.821. The van der Waals surface area contributed by atoms with Gasteiger partial charge in [-0.2, -0.15) is 5.10 Å². The van der Waals surface area contributed by atoms with Gasteiger partial charge in [-0.25, -0.2) is 0 Å². The first kappa shape index (κ1) is 20.4. The van der Waals surface area contributed by atoms with E-state index in [4.69, 9.17) is 0 Å². The molecule has 0 radical (unpaired) electrons. The van der Waals surface area contributed by atoms with Crippen molar-refractivity contribution in [3.05, 3.63) is 17.0 Å². The van der Waals surface area contributed by atoms with E-state index in [1.807, 2.05) is 25.8 Å². The van der Waals surface area contributed by atoms with Crippen LogP contribution in [0.15, 0.2) is 0 Å². The highest BCUT2D eigenvalue weighted by Gasteiger charge is 2.31. The second-order valence-corrected chi connectivity index (χ2v) is 8.04. The summed E-state index contributed by atoms with van der Waals surface area (Å²) in [7, 11) is 1.86. The summed E-state index contributed by atoms with van der Waals surface area (Å²) in [5.74, 6) is -0.185. The minimum absolute atomic E-state index is 0.0258. The number of piperidine rings is 1. The molecule has 8 nitrogen and oxygen atoms in total. The van der Waals surface area contributed by atoms with Crippen LogP contribution in [-0.4, -0.2) is 63.0 Å². The first-order valence-electron chi connectivity index (χ1n) is 10.3. The largest absolute Gasteiger partial charge is 0.354 e. The number of likely N-dealkylation sites (tertiary alicyclic amines) is 1. The number of hydrogen-bond donors (Lipinski definition) is 1. The van der Waals surface area contributed by atoms with E-state index in [1.54, 1.807) is 9.58 Å². The average Bonchev–Trinajstić information content (AvgIpc) is 3.01. The molecule has 0 aliphatic carbocycles. The third-order valence-corrected chi connectivity index (χ3v) is 5.46. The van der Waals surface area contributed by atoms with Gasteiger partial charge in [0.15, 0.2) is 5.69 Å². The second kappa shape index (κ2) is 8.75. The molecule has 0 atom stereocenters. The van der Waals surface area contributed by atoms with E-state index in [-0.39, 0.29) is 36.6 Å². The molecule has 1 aromatic heterocycles. The van der Waals surface area contributed by atoms with Crippen LogP contribution >= 0.6 is 0 Å². The molecule has 3 amide bonds. The molecular weight excluding hydrogens is 358 g/mol. The fraction of sp³-hybridized carbons (Fsp3) is 0.700. The van der Waals surface area contributed by atoms with Crippen molar-refractivity contribution in [2.75, 3.05) is 19.6 Å². The zero-order chi connectivity index (χ0) is 20.3. The summed E-state index contributed by atoms with van der Waals surface area (Å²) in [4.78, 5) is 41.0. The van der Waals surface area contributed by atoms with Crippen LogP contribution in [0.1, 0.15) is 67.7 Å². The minimum atomic E-state index is -0.108. The van der Waals surface area contributed by atoms with Crippen LogP contribution in [0.4, 0.5) is 0 Å². The number of rotatable bonds is 5. The van der Waals surface area contributed by atoms with Gasteiger partial charge in [0, 0.05) is 69.8 Å². The molecule has 28 heavy (non-hydrogen) atoms. The maximum Gasteiger partial charge on any atom is 0.274 e. The molecule has 154 valence electrons. The van der Waals surface area contributed by atoms with Gasteiger partial charge in [-0.05, 0) is 33.1 Å². The summed E-state index contributed by atoms with van der Waals surface area (Å²) in [6.07, 6.45) is 4.27. The van der Waals surface area contributed by atoms with E-state index in [2.05, 4.69) is 10.4 Å². The third kappa shape index (κ3) is 4.54. The van der Waals surface area contributed by atoms with Crippen molar-refractivity contribution in [1.29, 1.82) is 0 Å². The Morgan fingerprint density at radius 3 is 2.43 bits per heavy atom. The predicted molar refractivity (Wildman–Crippen MR) is 105 cm³/mol. The van der Waals surface area contributed by atoms with Crippen LogP contribution < -0.4 is 5.32 Å². The molecule has 0 aromatic carbocycles. The minimum Gasteiger partial charge on any atom is -0.354 e. The fourth-order valence-corrected chi connectivity index (χ4v) is 4.00. The van der Waals surface area contributed by atoms with Crippen LogP contribution in [0.2, 0.25) is 0 Å². The highest BCUT2D eigenvalue weighted by Crippen LogP contribution is 2.25. The van der Waals surface area contributed by atoms with Gasteiger partial charge in [0.2, 0.25) is 11.8 Å². The molecule has 1 aromatic rings. The molecule has 3 rings (SSSR count). The third-order valence-electron chi connectivity index (χ3n) is 5.46. The van der Waals surface area contributed by atoms with E-state index in [0.717, 1.165) is 43.6 Å². The summed E-state index contributed by atoms with van der Waals surface area (Å²) in [6, 6.07) is 0.0684. The van der Waals surface area contributed by atoms with Gasteiger partial charge in [-0.1, -0.05) is 0 Å². The lowest BCUT2D eigenvalue weighted by atomic mass is 10.0. The van der Waals surface area contributed by atoms with Crippen LogP contribution in [0, 0.1) is 0 Å². The van der Waals surface area contributed by atoms with Crippen LogP contribution in [0.5, 0.6) is 0 Å². The lowest BCUT2D eigenvalue weighted by molar-refractivity contribution is -0.134. The summed E-state index contributed by atoms with van der Waals surface area (Å²) in [5, 5.41) is 7.30. The first-order valence-corrected chi connectivity index (χ1v) is 10.3. The SMILES string of the molecule is CC(C)NC(=O)CCC(=O)N1CCc2c(c(C(=O)N3CCCCC3)nn2C)C1. The predicted octanol–water partition coefficient (Wildman–Crippen LogP) is 1.24. The molecule has 0 spiro atoms. The lowest BCUT2D eigenvalue weighted by Gasteiger charge is -2.29. The first-order chi connectivity index (χ1) is 13.4. The highest BCUT2D eigenvalue weighted by molar-refractivity contribution is 5.94. The molecule has 1 N–H and O–H groups in total. The van der Waals surface area contributed by atoms with Crippen molar-refractivity contribution in [3.8, 4) is 0 Å². The highest BCUT2D eigenvalue weighted by atomic mass is 16.2. The zero-order valence-corrected chi connectivity index (χ0v) is 17.2. The molecule has 3 heterocycles. The van der Waals surface area contributed by atoms with Crippen LogP contribution in [-0.2, 0) is 29.6 Å². The Kier molecular flexibility index (Phi) is 6.36. The zero-order valence-electron chi connectivity index (χ0n) is 17.2. The number of aromatic nitrogens is 2. The molecule has 8 heteroatoms. The van der Waals surface area contributed by atoms with Crippen LogP contribution in [0.3, 0.4) is 0 Å². The van der Waals surface area contributed by atoms with Crippen molar-refractivity contribution >= 4 is 17.7 Å². The number of amides is 3. The maximum atomic E-state index is 13.0. The Bertz CT molecular complexity index is 749. The lowest BCUT2D eigenvalue weighted by Crippen LogP contribution is -2.39. The van der Waals surface area contributed by atoms with E-state index < -0.39 is 0 Å². The Hall–Kier alpha value is -2.38. The van der Waals surface area contributed by atoms with Crippen molar-refractivity contribution in [1.82, 2.24) is 24.9 Å². The second-order valence-electron chi connectivity index (χ2n) is 8.04. The molecular formula is C20H31N5O3. The van der Waals surface area contributed by atoms with Gasteiger partial charge in [0.1, 0.15) is 0 Å². The van der Waals surface area contributed by atoms with Gasteiger partial charge in [-0.15, -0.1) is 0 Å². The van der Waals surface area contributed by atoms with Crippen LogP contribution in [0.25, 0.3) is 0 Å². The molecule has 0 bridgehead atoms. The Morgan fingerprint density at radius 1 is 1.04 bits per heavy atom. The number of nitrogens with one attached hydrogen (secondary N) is 1. The van der Waals surface area contributed by atoms with Gasteiger partial charge in [0.25, 0.3) is 5.91 Å². The maximum absolute atomic E-state index is 13.0. The number of nitrogens with zero attached hydrogens (tertiary/aromatic N) is 4. The summed E-state index contributed by atoms with van der Waals surface area (Å²) in [5.41, 5.74) is 2.38. The van der Waals surface area contributed by atoms with E-state index >= 15 is 0 Å². The summed E-state index contributed by atoms with van der Waals surface area (Å²) < 4.78 is 1.78. The smallest absolute Gasteiger partial charge is 0.274 e. The average molecular weight is 390 g/mol. The molecule has 1 saturated heterocycles. The number of aryl methyl sites for hydroxylation is 1.